The summed E-state index contributed by atoms with van der Waals surface area (Å²) in [6.45, 7) is 2.48. The first kappa shape index (κ1) is 11.5. The molecule has 0 spiro atoms. The van der Waals surface area contributed by atoms with Crippen molar-refractivity contribution in [3.8, 4) is 11.5 Å². The zero-order valence-electron chi connectivity index (χ0n) is 10.3. The van der Waals surface area contributed by atoms with Crippen LogP contribution in [0.1, 0.15) is 11.4 Å². The van der Waals surface area contributed by atoms with Crippen LogP contribution in [-0.4, -0.2) is 16.9 Å². The van der Waals surface area contributed by atoms with Crippen LogP contribution in [0.15, 0.2) is 30.3 Å². The highest BCUT2D eigenvalue weighted by atomic mass is 16.5. The minimum Gasteiger partial charge on any atom is -0.497 e. The van der Waals surface area contributed by atoms with E-state index < -0.39 is 0 Å². The predicted octanol–water partition coefficient (Wildman–Crippen LogP) is 2.32. The number of aromatic nitrogens is 2. The molecule has 0 aliphatic heterocycles. The van der Waals surface area contributed by atoms with Gasteiger partial charge in [0.1, 0.15) is 23.8 Å². The van der Waals surface area contributed by atoms with Gasteiger partial charge in [-0.15, -0.1) is 0 Å². The van der Waals surface area contributed by atoms with Gasteiger partial charge in [0.05, 0.1) is 7.11 Å². The van der Waals surface area contributed by atoms with E-state index >= 15 is 0 Å². The molecule has 0 unspecified atom stereocenters. The maximum absolute atomic E-state index is 5.65. The van der Waals surface area contributed by atoms with E-state index in [4.69, 9.17) is 9.47 Å². The zero-order chi connectivity index (χ0) is 12.3. The number of methoxy groups -OCH3 is 1. The Bertz CT molecular complexity index is 486. The molecule has 0 aliphatic carbocycles. The highest BCUT2D eigenvalue weighted by Crippen LogP contribution is 2.19. The van der Waals surface area contributed by atoms with E-state index in [1.54, 1.807) is 7.11 Å². The Balaban J connectivity index is 2.01. The molecule has 1 heterocycles. The van der Waals surface area contributed by atoms with Crippen molar-refractivity contribution in [3.05, 3.63) is 41.7 Å². The van der Waals surface area contributed by atoms with E-state index in [-0.39, 0.29) is 0 Å². The second-order valence-electron chi connectivity index (χ2n) is 3.87. The second-order valence-corrected chi connectivity index (χ2v) is 3.87. The lowest BCUT2D eigenvalue weighted by atomic mass is 10.3. The smallest absolute Gasteiger partial charge is 0.132 e. The van der Waals surface area contributed by atoms with Gasteiger partial charge in [-0.3, -0.25) is 4.68 Å². The molecule has 0 aliphatic rings. The van der Waals surface area contributed by atoms with Gasteiger partial charge in [-0.2, -0.15) is 5.10 Å². The van der Waals surface area contributed by atoms with Crippen LogP contribution in [0, 0.1) is 6.92 Å². The summed E-state index contributed by atoms with van der Waals surface area (Å²) in [7, 11) is 3.56. The molecular weight excluding hydrogens is 216 g/mol. The molecule has 4 nitrogen and oxygen atoms in total. The number of aryl methyl sites for hydroxylation is 2. The Morgan fingerprint density at radius 2 is 2.00 bits per heavy atom. The molecule has 2 rings (SSSR count). The SMILES string of the molecule is COc1cccc(OCc2cc(C)n(C)n2)c1. The third kappa shape index (κ3) is 2.78. The monoisotopic (exact) mass is 232 g/mol. The summed E-state index contributed by atoms with van der Waals surface area (Å²) in [5.74, 6) is 1.58. The van der Waals surface area contributed by atoms with Gasteiger partial charge in [-0.1, -0.05) is 6.07 Å². The Kier molecular flexibility index (Phi) is 3.32. The van der Waals surface area contributed by atoms with Gasteiger partial charge in [-0.25, -0.2) is 0 Å². The van der Waals surface area contributed by atoms with Crippen LogP contribution in [0.25, 0.3) is 0 Å². The highest BCUT2D eigenvalue weighted by molar-refractivity contribution is 5.32. The van der Waals surface area contributed by atoms with Crippen molar-refractivity contribution in [2.75, 3.05) is 7.11 Å². The fraction of sp³-hybridized carbons (Fsp3) is 0.308. The van der Waals surface area contributed by atoms with E-state index in [0.717, 1.165) is 22.9 Å². The molecule has 0 N–H and O–H groups in total. The summed E-state index contributed by atoms with van der Waals surface area (Å²) in [6, 6.07) is 9.56. The molecule has 90 valence electrons. The third-order valence-corrected chi connectivity index (χ3v) is 2.59. The van der Waals surface area contributed by atoms with Crippen LogP contribution in [-0.2, 0) is 13.7 Å². The first-order valence-corrected chi connectivity index (χ1v) is 5.45. The lowest BCUT2D eigenvalue weighted by Gasteiger charge is -2.05. The van der Waals surface area contributed by atoms with Crippen LogP contribution in [0.4, 0.5) is 0 Å². The molecule has 0 radical (unpaired) electrons. The van der Waals surface area contributed by atoms with Crippen molar-refractivity contribution in [2.24, 2.45) is 7.05 Å². The third-order valence-electron chi connectivity index (χ3n) is 2.59. The van der Waals surface area contributed by atoms with E-state index in [1.165, 1.54) is 0 Å². The van der Waals surface area contributed by atoms with E-state index in [0.29, 0.717) is 6.61 Å². The molecule has 0 fully saturated rings. The lowest BCUT2D eigenvalue weighted by molar-refractivity contribution is 0.297. The maximum Gasteiger partial charge on any atom is 0.132 e. The first-order chi connectivity index (χ1) is 8.19. The number of hydrogen-bond acceptors (Lipinski definition) is 3. The average molecular weight is 232 g/mol. The van der Waals surface area contributed by atoms with Crippen LogP contribution in [0.5, 0.6) is 11.5 Å². The first-order valence-electron chi connectivity index (χ1n) is 5.45. The zero-order valence-corrected chi connectivity index (χ0v) is 10.3. The van der Waals surface area contributed by atoms with Crippen LogP contribution < -0.4 is 9.47 Å². The topological polar surface area (TPSA) is 36.3 Å². The molecule has 1 aromatic carbocycles. The fourth-order valence-electron chi connectivity index (χ4n) is 1.55. The molecule has 0 amide bonds. The van der Waals surface area contributed by atoms with Crippen LogP contribution >= 0.6 is 0 Å². The Morgan fingerprint density at radius 3 is 2.65 bits per heavy atom. The molecule has 17 heavy (non-hydrogen) atoms. The van der Waals surface area contributed by atoms with Crippen LogP contribution in [0.2, 0.25) is 0 Å². The lowest BCUT2D eigenvalue weighted by Crippen LogP contribution is -1.98. The molecule has 0 atom stereocenters. The normalized spacial score (nSPS) is 10.3. The quantitative estimate of drug-likeness (QED) is 0.811. The molecule has 4 heteroatoms. The minimum atomic E-state index is 0.467. The van der Waals surface area contributed by atoms with Crippen molar-refractivity contribution in [1.29, 1.82) is 0 Å². The Labute approximate surface area is 101 Å². The molecule has 0 saturated carbocycles. The van der Waals surface area contributed by atoms with Crippen molar-refractivity contribution in [3.63, 3.8) is 0 Å². The van der Waals surface area contributed by atoms with Gasteiger partial charge in [0, 0.05) is 18.8 Å². The summed E-state index contributed by atoms with van der Waals surface area (Å²) in [4.78, 5) is 0. The summed E-state index contributed by atoms with van der Waals surface area (Å²) in [6.07, 6.45) is 0. The van der Waals surface area contributed by atoms with E-state index in [9.17, 15) is 0 Å². The summed E-state index contributed by atoms with van der Waals surface area (Å²) >= 11 is 0. The maximum atomic E-state index is 5.65. The number of hydrogen-bond donors (Lipinski definition) is 0. The van der Waals surface area contributed by atoms with Crippen LogP contribution in [0.3, 0.4) is 0 Å². The molecule has 0 saturated heterocycles. The van der Waals surface area contributed by atoms with Gasteiger partial charge in [0.2, 0.25) is 0 Å². The largest absolute Gasteiger partial charge is 0.497 e. The predicted molar refractivity (Wildman–Crippen MR) is 65.3 cm³/mol. The van der Waals surface area contributed by atoms with Gasteiger partial charge in [-0.05, 0) is 25.1 Å². The van der Waals surface area contributed by atoms with Crippen molar-refractivity contribution in [1.82, 2.24) is 9.78 Å². The minimum absolute atomic E-state index is 0.467. The van der Waals surface area contributed by atoms with Crippen molar-refractivity contribution < 1.29 is 9.47 Å². The Morgan fingerprint density at radius 1 is 1.24 bits per heavy atom. The molecular formula is C13H16N2O2. The average Bonchev–Trinajstić information content (AvgIpc) is 2.67. The second kappa shape index (κ2) is 4.91. The summed E-state index contributed by atoms with van der Waals surface area (Å²) in [5.41, 5.74) is 2.04. The van der Waals surface area contributed by atoms with Gasteiger partial charge in [0.15, 0.2) is 0 Å². The van der Waals surface area contributed by atoms with Gasteiger partial charge in [0.25, 0.3) is 0 Å². The Hall–Kier alpha value is -1.97. The molecule has 1 aromatic heterocycles. The fourth-order valence-corrected chi connectivity index (χ4v) is 1.55. The van der Waals surface area contributed by atoms with E-state index in [1.807, 2.05) is 49.0 Å². The van der Waals surface area contributed by atoms with E-state index in [2.05, 4.69) is 5.10 Å². The summed E-state index contributed by atoms with van der Waals surface area (Å²) < 4.78 is 12.6. The van der Waals surface area contributed by atoms with Gasteiger partial charge < -0.3 is 9.47 Å². The highest BCUT2D eigenvalue weighted by Gasteiger charge is 2.02. The summed E-state index contributed by atoms with van der Waals surface area (Å²) in [5, 5.41) is 4.33. The number of ether oxygens (including phenoxy) is 2. The van der Waals surface area contributed by atoms with Gasteiger partial charge >= 0.3 is 0 Å². The molecule has 2 aromatic rings. The van der Waals surface area contributed by atoms with Crippen molar-refractivity contribution >= 4 is 0 Å². The number of rotatable bonds is 4. The standard InChI is InChI=1S/C13H16N2O2/c1-10-7-11(14-15(10)2)9-17-13-6-4-5-12(8-13)16-3/h4-8H,9H2,1-3H3. The number of benzene rings is 1. The molecule has 0 bridgehead atoms. The van der Waals surface area contributed by atoms with Crippen molar-refractivity contribution in [2.45, 2.75) is 13.5 Å². The number of nitrogens with zero attached hydrogens (tertiary/aromatic N) is 2.